The Balaban J connectivity index is 1.48. The van der Waals surface area contributed by atoms with Crippen LogP contribution in [0.3, 0.4) is 0 Å². The first-order valence-electron chi connectivity index (χ1n) is 12.3. The van der Waals surface area contributed by atoms with Gasteiger partial charge in [-0.2, -0.15) is 0 Å². The third-order valence-corrected chi connectivity index (χ3v) is 6.07. The van der Waals surface area contributed by atoms with E-state index in [4.69, 9.17) is 4.74 Å². The van der Waals surface area contributed by atoms with Crippen molar-refractivity contribution in [2.75, 3.05) is 31.6 Å². The molecule has 0 spiro atoms. The average molecular weight is 478 g/mol. The topological polar surface area (TPSA) is 80.2 Å². The summed E-state index contributed by atoms with van der Waals surface area (Å²) in [5, 5.41) is 9.67. The van der Waals surface area contributed by atoms with Crippen molar-refractivity contribution in [1.82, 2.24) is 20.2 Å². The maximum Gasteiger partial charge on any atom is 0.242 e. The van der Waals surface area contributed by atoms with Crippen LogP contribution in [-0.2, 0) is 28.9 Å². The summed E-state index contributed by atoms with van der Waals surface area (Å²) in [5.74, 6) is -0.679. The second kappa shape index (κ2) is 13.5. The van der Waals surface area contributed by atoms with Crippen molar-refractivity contribution in [3.8, 4) is 0 Å². The SMILES string of the molecule is CCC[C@H](N[C@H]1CCc2cc(F)cc(F)c2C1)C(=O)Nc1cn(CCNCCCOCC)cn1. The van der Waals surface area contributed by atoms with E-state index in [1.165, 1.54) is 6.07 Å². The number of anilines is 1. The molecule has 0 unspecified atom stereocenters. The third kappa shape index (κ3) is 7.85. The first-order chi connectivity index (χ1) is 16.5. The molecule has 3 N–H and O–H groups in total. The van der Waals surface area contributed by atoms with Crippen molar-refractivity contribution in [3.05, 3.63) is 47.4 Å². The summed E-state index contributed by atoms with van der Waals surface area (Å²) in [4.78, 5) is 17.3. The van der Waals surface area contributed by atoms with Gasteiger partial charge in [-0.1, -0.05) is 13.3 Å². The van der Waals surface area contributed by atoms with Crippen molar-refractivity contribution in [2.24, 2.45) is 0 Å². The molecule has 1 heterocycles. The van der Waals surface area contributed by atoms with Crippen molar-refractivity contribution < 1.29 is 18.3 Å². The number of ether oxygens (including phenoxy) is 1. The first kappa shape index (κ1) is 26.2. The van der Waals surface area contributed by atoms with Crippen molar-refractivity contribution in [2.45, 2.75) is 71.0 Å². The Bertz CT molecular complexity index is 921. The van der Waals surface area contributed by atoms with Gasteiger partial charge in [0.15, 0.2) is 5.82 Å². The van der Waals surface area contributed by atoms with E-state index in [1.54, 1.807) is 6.33 Å². The van der Waals surface area contributed by atoms with E-state index in [0.717, 1.165) is 63.7 Å². The lowest BCUT2D eigenvalue weighted by molar-refractivity contribution is -0.118. The molecule has 1 amide bonds. The van der Waals surface area contributed by atoms with Crippen LogP contribution >= 0.6 is 0 Å². The van der Waals surface area contributed by atoms with Gasteiger partial charge in [-0.3, -0.25) is 4.79 Å². The maximum atomic E-state index is 14.3. The summed E-state index contributed by atoms with van der Waals surface area (Å²) in [6.07, 6.45) is 7.76. The second-order valence-corrected chi connectivity index (χ2v) is 8.76. The number of benzene rings is 1. The minimum Gasteiger partial charge on any atom is -0.382 e. The predicted molar refractivity (Wildman–Crippen MR) is 129 cm³/mol. The molecule has 0 aliphatic heterocycles. The van der Waals surface area contributed by atoms with E-state index in [2.05, 4.69) is 20.9 Å². The average Bonchev–Trinajstić information content (AvgIpc) is 3.25. The molecule has 1 aromatic heterocycles. The fourth-order valence-corrected chi connectivity index (χ4v) is 4.33. The Labute approximate surface area is 200 Å². The van der Waals surface area contributed by atoms with Crippen LogP contribution in [0.2, 0.25) is 0 Å². The largest absolute Gasteiger partial charge is 0.382 e. The van der Waals surface area contributed by atoms with Crippen LogP contribution in [-0.4, -0.2) is 53.8 Å². The van der Waals surface area contributed by atoms with E-state index in [-0.39, 0.29) is 11.9 Å². The highest BCUT2D eigenvalue weighted by atomic mass is 19.1. The summed E-state index contributed by atoms with van der Waals surface area (Å²) in [5.41, 5.74) is 1.27. The van der Waals surface area contributed by atoms with Gasteiger partial charge in [0.25, 0.3) is 0 Å². The molecule has 2 atom stereocenters. The third-order valence-electron chi connectivity index (χ3n) is 6.07. The van der Waals surface area contributed by atoms with Gasteiger partial charge in [-0.25, -0.2) is 13.8 Å². The van der Waals surface area contributed by atoms with Crippen LogP contribution in [0, 0.1) is 11.6 Å². The van der Waals surface area contributed by atoms with Gasteiger partial charge in [-0.15, -0.1) is 0 Å². The molecule has 0 radical (unpaired) electrons. The molecule has 0 fully saturated rings. The Morgan fingerprint density at radius 1 is 1.29 bits per heavy atom. The molecule has 0 bridgehead atoms. The number of imidazole rings is 1. The number of carbonyl (C=O) groups is 1. The summed E-state index contributed by atoms with van der Waals surface area (Å²) < 4.78 is 35.0. The number of rotatable bonds is 14. The minimum atomic E-state index is -0.539. The monoisotopic (exact) mass is 477 g/mol. The van der Waals surface area contributed by atoms with Gasteiger partial charge < -0.3 is 25.3 Å². The molecule has 188 valence electrons. The fraction of sp³-hybridized carbons (Fsp3) is 0.600. The molecule has 0 saturated heterocycles. The van der Waals surface area contributed by atoms with Crippen molar-refractivity contribution in [1.29, 1.82) is 0 Å². The van der Waals surface area contributed by atoms with Crippen LogP contribution in [0.25, 0.3) is 0 Å². The molecule has 1 aromatic carbocycles. The molecule has 34 heavy (non-hydrogen) atoms. The molecule has 1 aliphatic rings. The number of nitrogens with one attached hydrogen (secondary N) is 3. The lowest BCUT2D eigenvalue weighted by Crippen LogP contribution is -2.48. The molecule has 7 nitrogen and oxygen atoms in total. The number of carbonyl (C=O) groups excluding carboxylic acids is 1. The van der Waals surface area contributed by atoms with Gasteiger partial charge in [0.05, 0.1) is 12.4 Å². The predicted octanol–water partition coefficient (Wildman–Crippen LogP) is 3.43. The molecule has 0 saturated carbocycles. The Kier molecular flexibility index (Phi) is 10.4. The number of hydrogen-bond donors (Lipinski definition) is 3. The fourth-order valence-electron chi connectivity index (χ4n) is 4.33. The number of nitrogens with zero attached hydrogens (tertiary/aromatic N) is 2. The van der Waals surface area contributed by atoms with E-state index < -0.39 is 17.7 Å². The van der Waals surface area contributed by atoms with Crippen LogP contribution < -0.4 is 16.0 Å². The Hall–Kier alpha value is -2.36. The first-order valence-corrected chi connectivity index (χ1v) is 12.3. The lowest BCUT2D eigenvalue weighted by atomic mass is 9.87. The van der Waals surface area contributed by atoms with E-state index in [1.807, 2.05) is 24.6 Å². The highest BCUT2D eigenvalue weighted by Crippen LogP contribution is 2.25. The molecular formula is C25H37F2N5O2. The lowest BCUT2D eigenvalue weighted by Gasteiger charge is -2.29. The smallest absolute Gasteiger partial charge is 0.242 e. The van der Waals surface area contributed by atoms with Gasteiger partial charge >= 0.3 is 0 Å². The normalized spacial score (nSPS) is 16.3. The highest BCUT2D eigenvalue weighted by Gasteiger charge is 2.27. The molecule has 3 rings (SSSR count). The second-order valence-electron chi connectivity index (χ2n) is 8.76. The number of halogens is 2. The molecular weight excluding hydrogens is 440 g/mol. The van der Waals surface area contributed by atoms with Crippen LogP contribution in [0.5, 0.6) is 0 Å². The Morgan fingerprint density at radius 2 is 2.15 bits per heavy atom. The highest BCUT2D eigenvalue weighted by molar-refractivity contribution is 5.94. The van der Waals surface area contributed by atoms with Crippen LogP contribution in [0.15, 0.2) is 24.7 Å². The summed E-state index contributed by atoms with van der Waals surface area (Å²) in [6, 6.07) is 1.90. The minimum absolute atomic E-state index is 0.0406. The number of aryl methyl sites for hydroxylation is 1. The quantitative estimate of drug-likeness (QED) is 0.363. The molecule has 1 aliphatic carbocycles. The number of aromatic nitrogens is 2. The Morgan fingerprint density at radius 3 is 2.94 bits per heavy atom. The zero-order valence-electron chi connectivity index (χ0n) is 20.2. The summed E-state index contributed by atoms with van der Waals surface area (Å²) >= 11 is 0. The van der Waals surface area contributed by atoms with Crippen LogP contribution in [0.4, 0.5) is 14.6 Å². The zero-order valence-corrected chi connectivity index (χ0v) is 20.2. The number of fused-ring (bicyclic) bond motifs is 1. The van der Waals surface area contributed by atoms with E-state index >= 15 is 0 Å². The number of amides is 1. The van der Waals surface area contributed by atoms with Crippen LogP contribution in [0.1, 0.15) is 50.7 Å². The summed E-state index contributed by atoms with van der Waals surface area (Å²) in [7, 11) is 0. The molecule has 9 heteroatoms. The maximum absolute atomic E-state index is 14.3. The van der Waals surface area contributed by atoms with Gasteiger partial charge in [-0.05, 0) is 62.8 Å². The van der Waals surface area contributed by atoms with Gasteiger partial charge in [0, 0.05) is 44.6 Å². The standard InChI is InChI=1S/C25H37F2N5O2/c1-3-6-23(30-20-8-7-18-13-19(26)14-22(27)21(18)15-20)25(33)31-24-16-32(17-29-24)11-10-28-9-5-12-34-4-2/h13-14,16-17,20,23,28,30H,3-12,15H2,1-2H3,(H,31,33)/t20-,23-/m0/s1. The number of hydrogen-bond acceptors (Lipinski definition) is 5. The van der Waals surface area contributed by atoms with Crippen molar-refractivity contribution in [3.63, 3.8) is 0 Å². The van der Waals surface area contributed by atoms with E-state index in [9.17, 15) is 13.6 Å². The van der Waals surface area contributed by atoms with Crippen molar-refractivity contribution >= 4 is 11.7 Å². The zero-order chi connectivity index (χ0) is 24.3. The molecule has 2 aromatic rings. The van der Waals surface area contributed by atoms with Gasteiger partial charge in [0.1, 0.15) is 11.6 Å². The van der Waals surface area contributed by atoms with Gasteiger partial charge in [0.2, 0.25) is 5.91 Å². The summed E-state index contributed by atoms with van der Waals surface area (Å²) in [6.45, 7) is 7.97. The van der Waals surface area contributed by atoms with E-state index in [0.29, 0.717) is 30.6 Å².